The fraction of sp³-hybridized carbons (Fsp3) is 0.345. The molecule has 0 aromatic heterocycles. The van der Waals surface area contributed by atoms with Crippen LogP contribution in [-0.2, 0) is 18.0 Å². The van der Waals surface area contributed by atoms with Crippen molar-refractivity contribution >= 4 is 5.71 Å². The third-order valence-corrected chi connectivity index (χ3v) is 6.60. The molecule has 0 saturated carbocycles. The Morgan fingerprint density at radius 3 is 2.11 bits per heavy atom. The molecule has 1 saturated heterocycles. The lowest BCUT2D eigenvalue weighted by molar-refractivity contribution is -0.128. The molecular weight excluding hydrogens is 459 g/mol. The molecule has 0 amide bonds. The van der Waals surface area contributed by atoms with Gasteiger partial charge in [0.2, 0.25) is 0 Å². The summed E-state index contributed by atoms with van der Waals surface area (Å²) in [5, 5.41) is 13.6. The van der Waals surface area contributed by atoms with Crippen molar-refractivity contribution in [3.8, 4) is 22.6 Å². The van der Waals surface area contributed by atoms with Crippen LogP contribution in [0.25, 0.3) is 11.1 Å². The van der Waals surface area contributed by atoms with Gasteiger partial charge in [0.05, 0.1) is 31.1 Å². The molecule has 2 aliphatic heterocycles. The number of aliphatic hydroxyl groups excluding tert-OH is 1. The van der Waals surface area contributed by atoms with Crippen molar-refractivity contribution in [3.63, 3.8) is 0 Å². The molecule has 36 heavy (non-hydrogen) atoms. The van der Waals surface area contributed by atoms with Gasteiger partial charge in [0.15, 0.2) is 5.60 Å². The predicted octanol–water partition coefficient (Wildman–Crippen LogP) is 5.16. The van der Waals surface area contributed by atoms with Crippen molar-refractivity contribution in [1.29, 1.82) is 0 Å². The number of likely N-dealkylation sites (tertiary alicyclic amines) is 1. The zero-order valence-corrected chi connectivity index (χ0v) is 20.7. The molecule has 1 spiro atoms. The molecule has 1 N–H and O–H groups in total. The van der Waals surface area contributed by atoms with E-state index in [-0.39, 0.29) is 18.0 Å². The normalized spacial score (nSPS) is 16.4. The van der Waals surface area contributed by atoms with Crippen LogP contribution in [0.3, 0.4) is 0 Å². The van der Waals surface area contributed by atoms with Crippen molar-refractivity contribution in [1.82, 2.24) is 4.90 Å². The molecular formula is C29H31FN2O4. The van der Waals surface area contributed by atoms with E-state index in [0.717, 1.165) is 71.1 Å². The topological polar surface area (TPSA) is 63.5 Å². The van der Waals surface area contributed by atoms with Gasteiger partial charge in [-0.1, -0.05) is 41.6 Å². The number of ether oxygens (including phenoxy) is 2. The average Bonchev–Trinajstić information content (AvgIpc) is 3.31. The number of aliphatic hydroxyl groups is 1. The highest BCUT2D eigenvalue weighted by Gasteiger charge is 2.49. The summed E-state index contributed by atoms with van der Waals surface area (Å²) >= 11 is 0. The SMILES string of the molecule is CCOc1cc(CN2CC3(CC(c4ccc(CO)cc4)=NO3)C2)cc(OCC)c1-c1ccc(F)cc1. The molecule has 0 atom stereocenters. The van der Waals surface area contributed by atoms with Crippen molar-refractivity contribution < 1.29 is 23.8 Å². The molecule has 0 aliphatic carbocycles. The van der Waals surface area contributed by atoms with Crippen LogP contribution in [0.15, 0.2) is 65.8 Å². The van der Waals surface area contributed by atoms with E-state index in [4.69, 9.17) is 14.3 Å². The number of hydrogen-bond donors (Lipinski definition) is 1. The third kappa shape index (κ3) is 4.94. The minimum atomic E-state index is -0.287. The van der Waals surface area contributed by atoms with Gasteiger partial charge in [0.25, 0.3) is 0 Å². The van der Waals surface area contributed by atoms with Crippen molar-refractivity contribution in [2.24, 2.45) is 5.16 Å². The Hall–Kier alpha value is -3.42. The van der Waals surface area contributed by atoms with E-state index >= 15 is 0 Å². The molecule has 1 fully saturated rings. The van der Waals surface area contributed by atoms with E-state index in [9.17, 15) is 9.50 Å². The Morgan fingerprint density at radius 2 is 1.53 bits per heavy atom. The number of rotatable bonds is 9. The van der Waals surface area contributed by atoms with Gasteiger partial charge in [-0.15, -0.1) is 0 Å². The Morgan fingerprint density at radius 1 is 0.917 bits per heavy atom. The van der Waals surface area contributed by atoms with Gasteiger partial charge in [0, 0.05) is 26.1 Å². The largest absolute Gasteiger partial charge is 0.493 e. The lowest BCUT2D eigenvalue weighted by atomic mass is 9.86. The number of oxime groups is 1. The predicted molar refractivity (Wildman–Crippen MR) is 137 cm³/mol. The molecule has 0 radical (unpaired) electrons. The van der Waals surface area contributed by atoms with E-state index in [0.29, 0.717) is 13.2 Å². The van der Waals surface area contributed by atoms with Crippen LogP contribution in [-0.4, -0.2) is 47.6 Å². The molecule has 7 heteroatoms. The second kappa shape index (κ2) is 10.3. The number of halogens is 1. The van der Waals surface area contributed by atoms with E-state index < -0.39 is 0 Å². The van der Waals surface area contributed by atoms with Gasteiger partial charge in [-0.25, -0.2) is 4.39 Å². The van der Waals surface area contributed by atoms with Gasteiger partial charge in [-0.2, -0.15) is 0 Å². The van der Waals surface area contributed by atoms with E-state index in [1.807, 2.05) is 38.1 Å². The molecule has 2 heterocycles. The summed E-state index contributed by atoms with van der Waals surface area (Å²) in [6.07, 6.45) is 0.764. The standard InChI is InChI=1S/C29H31FN2O4/c1-3-34-26-13-21(14-27(35-4-2)28(26)23-9-11-24(30)12-10-23)16-32-18-29(19-32)15-25(31-36-29)22-7-5-20(17-33)6-8-22/h5-14,33H,3-4,15-19H2,1-2H3. The summed E-state index contributed by atoms with van der Waals surface area (Å²) in [5.41, 5.74) is 5.35. The zero-order chi connectivity index (χ0) is 25.1. The maximum absolute atomic E-state index is 13.5. The highest BCUT2D eigenvalue weighted by molar-refractivity contribution is 6.01. The van der Waals surface area contributed by atoms with Crippen LogP contribution >= 0.6 is 0 Å². The molecule has 6 nitrogen and oxygen atoms in total. The van der Waals surface area contributed by atoms with Crippen molar-refractivity contribution in [2.75, 3.05) is 26.3 Å². The summed E-state index contributed by atoms with van der Waals surface area (Å²) in [4.78, 5) is 8.22. The Labute approximate surface area is 210 Å². The minimum Gasteiger partial charge on any atom is -0.493 e. The van der Waals surface area contributed by atoms with E-state index in [2.05, 4.69) is 22.2 Å². The maximum Gasteiger partial charge on any atom is 0.168 e. The van der Waals surface area contributed by atoms with Crippen LogP contribution in [0.1, 0.15) is 37.0 Å². The first-order valence-corrected chi connectivity index (χ1v) is 12.4. The monoisotopic (exact) mass is 490 g/mol. The zero-order valence-electron chi connectivity index (χ0n) is 20.7. The van der Waals surface area contributed by atoms with Crippen molar-refractivity contribution in [2.45, 2.75) is 39.0 Å². The van der Waals surface area contributed by atoms with Crippen LogP contribution in [0.4, 0.5) is 4.39 Å². The van der Waals surface area contributed by atoms with Gasteiger partial charge < -0.3 is 19.4 Å². The number of hydrogen-bond acceptors (Lipinski definition) is 6. The Kier molecular flexibility index (Phi) is 6.94. The van der Waals surface area contributed by atoms with Crippen molar-refractivity contribution in [3.05, 3.63) is 83.2 Å². The molecule has 5 rings (SSSR count). The van der Waals surface area contributed by atoms with E-state index in [1.54, 1.807) is 12.1 Å². The minimum absolute atomic E-state index is 0.0308. The van der Waals surface area contributed by atoms with Crippen LogP contribution in [0.5, 0.6) is 11.5 Å². The summed E-state index contributed by atoms with van der Waals surface area (Å²) in [5.74, 6) is 1.19. The van der Waals surface area contributed by atoms with Gasteiger partial charge in [-0.3, -0.25) is 4.90 Å². The van der Waals surface area contributed by atoms with Crippen LogP contribution in [0.2, 0.25) is 0 Å². The number of nitrogens with zero attached hydrogens (tertiary/aromatic N) is 2. The second-order valence-corrected chi connectivity index (χ2v) is 9.33. The molecule has 3 aromatic carbocycles. The summed E-state index contributed by atoms with van der Waals surface area (Å²) in [6, 6.07) is 18.3. The molecule has 3 aromatic rings. The first-order valence-electron chi connectivity index (χ1n) is 12.4. The highest BCUT2D eigenvalue weighted by Crippen LogP contribution is 2.42. The first-order chi connectivity index (χ1) is 17.5. The molecule has 188 valence electrons. The fourth-order valence-electron chi connectivity index (χ4n) is 4.96. The first kappa shape index (κ1) is 24.3. The Bertz CT molecular complexity index is 1210. The fourth-order valence-corrected chi connectivity index (χ4v) is 4.96. The summed E-state index contributed by atoms with van der Waals surface area (Å²) < 4.78 is 25.5. The van der Waals surface area contributed by atoms with Gasteiger partial charge in [0.1, 0.15) is 17.3 Å². The van der Waals surface area contributed by atoms with Gasteiger partial charge >= 0.3 is 0 Å². The summed E-state index contributed by atoms with van der Waals surface area (Å²) in [7, 11) is 0. The maximum atomic E-state index is 13.5. The average molecular weight is 491 g/mol. The second-order valence-electron chi connectivity index (χ2n) is 9.33. The molecule has 0 unspecified atom stereocenters. The van der Waals surface area contributed by atoms with Crippen LogP contribution in [0, 0.1) is 5.82 Å². The lowest BCUT2D eigenvalue weighted by Crippen LogP contribution is -2.61. The quantitative estimate of drug-likeness (QED) is 0.449. The highest BCUT2D eigenvalue weighted by atomic mass is 19.1. The van der Waals surface area contributed by atoms with Crippen LogP contribution < -0.4 is 9.47 Å². The molecule has 0 bridgehead atoms. The third-order valence-electron chi connectivity index (χ3n) is 6.60. The number of benzene rings is 3. The smallest absolute Gasteiger partial charge is 0.168 e. The van der Waals surface area contributed by atoms with E-state index in [1.165, 1.54) is 12.1 Å². The molecule has 2 aliphatic rings. The summed E-state index contributed by atoms with van der Waals surface area (Å²) in [6.45, 7) is 7.26. The Balaban J connectivity index is 1.30. The lowest BCUT2D eigenvalue weighted by Gasteiger charge is -2.45. The van der Waals surface area contributed by atoms with Gasteiger partial charge in [-0.05, 0) is 60.4 Å².